The fourth-order valence-corrected chi connectivity index (χ4v) is 1.23. The van der Waals surface area contributed by atoms with E-state index in [-0.39, 0.29) is 6.54 Å². The highest BCUT2D eigenvalue weighted by Gasteiger charge is 2.06. The van der Waals surface area contributed by atoms with Crippen LogP contribution in [0.25, 0.3) is 21.8 Å². The van der Waals surface area contributed by atoms with Gasteiger partial charge in [-0.15, -0.1) is 0 Å². The highest BCUT2D eigenvalue weighted by molar-refractivity contribution is 5.54. The van der Waals surface area contributed by atoms with Gasteiger partial charge in [0, 0.05) is 10.5 Å². The van der Waals surface area contributed by atoms with Crippen LogP contribution in [0, 0.1) is 6.92 Å². The summed E-state index contributed by atoms with van der Waals surface area (Å²) in [6.45, 7) is 2.09. The van der Waals surface area contributed by atoms with E-state index in [1.165, 1.54) is 5.56 Å². The summed E-state index contributed by atoms with van der Waals surface area (Å²) < 4.78 is 4.93. The van der Waals surface area contributed by atoms with Crippen molar-refractivity contribution in [3.63, 3.8) is 0 Å². The summed E-state index contributed by atoms with van der Waals surface area (Å²) in [5.41, 5.74) is 10.2. The number of rotatable bonds is 3. The van der Waals surface area contributed by atoms with E-state index in [1.54, 1.807) is 0 Å². The lowest BCUT2D eigenvalue weighted by Crippen LogP contribution is -1.82. The van der Waals surface area contributed by atoms with Crippen molar-refractivity contribution >= 4 is 0 Å². The van der Waals surface area contributed by atoms with Gasteiger partial charge in [0.25, 0.3) is 0 Å². The normalized spacial score (nSPS) is 9.81. The molecule has 6 nitrogen and oxygen atoms in total. The van der Waals surface area contributed by atoms with Gasteiger partial charge in [-0.2, -0.15) is 4.98 Å². The van der Waals surface area contributed by atoms with Crippen LogP contribution in [0.3, 0.4) is 0 Å². The molecule has 80 valence electrons. The fourth-order valence-electron chi connectivity index (χ4n) is 1.23. The summed E-state index contributed by atoms with van der Waals surface area (Å²) in [7, 11) is 0. The maximum atomic E-state index is 8.15. The number of azide groups is 1. The Balaban J connectivity index is 2.24. The molecule has 0 aliphatic heterocycles. The molecule has 2 aromatic rings. The predicted octanol–water partition coefficient (Wildman–Crippen LogP) is 2.86. The van der Waals surface area contributed by atoms with Crippen LogP contribution in [0.1, 0.15) is 11.5 Å². The molecule has 16 heavy (non-hydrogen) atoms. The quantitative estimate of drug-likeness (QED) is 0.448. The molecular formula is C10H9N5O. The van der Waals surface area contributed by atoms with E-state index < -0.39 is 0 Å². The van der Waals surface area contributed by atoms with Crippen molar-refractivity contribution < 1.29 is 4.52 Å². The lowest BCUT2D eigenvalue weighted by Gasteiger charge is -1.94. The Hall–Kier alpha value is -2.33. The van der Waals surface area contributed by atoms with Gasteiger partial charge in [-0.3, -0.25) is 0 Å². The number of benzene rings is 1. The lowest BCUT2D eigenvalue weighted by molar-refractivity contribution is 0.380. The molecule has 0 saturated carbocycles. The minimum atomic E-state index is 0.0787. The molecule has 0 bridgehead atoms. The average molecular weight is 215 g/mol. The molecule has 0 aliphatic carbocycles. The van der Waals surface area contributed by atoms with E-state index in [4.69, 9.17) is 10.1 Å². The van der Waals surface area contributed by atoms with E-state index in [2.05, 4.69) is 20.2 Å². The van der Waals surface area contributed by atoms with Crippen LogP contribution in [0.4, 0.5) is 0 Å². The number of hydrogen-bond donors (Lipinski definition) is 0. The van der Waals surface area contributed by atoms with E-state index in [1.807, 2.05) is 31.2 Å². The second kappa shape index (κ2) is 4.46. The van der Waals surface area contributed by atoms with Gasteiger partial charge in [-0.25, -0.2) is 0 Å². The average Bonchev–Trinajstić information content (AvgIpc) is 2.76. The first-order chi connectivity index (χ1) is 7.79. The first kappa shape index (κ1) is 10.2. The predicted molar refractivity (Wildman–Crippen MR) is 57.3 cm³/mol. The van der Waals surface area contributed by atoms with Crippen molar-refractivity contribution in [3.05, 3.63) is 46.2 Å². The van der Waals surface area contributed by atoms with Crippen LogP contribution in [-0.4, -0.2) is 10.1 Å². The highest BCUT2D eigenvalue weighted by Crippen LogP contribution is 2.16. The first-order valence-corrected chi connectivity index (χ1v) is 4.70. The molecule has 0 fully saturated rings. The monoisotopic (exact) mass is 215 g/mol. The molecule has 0 aliphatic rings. The Morgan fingerprint density at radius 3 is 2.81 bits per heavy atom. The highest BCUT2D eigenvalue weighted by atomic mass is 16.5. The molecule has 0 atom stereocenters. The van der Waals surface area contributed by atoms with E-state index in [9.17, 15) is 0 Å². The Morgan fingerprint density at radius 2 is 2.12 bits per heavy atom. The van der Waals surface area contributed by atoms with Crippen molar-refractivity contribution in [3.8, 4) is 11.4 Å². The number of nitrogens with zero attached hydrogens (tertiary/aromatic N) is 5. The van der Waals surface area contributed by atoms with E-state index in [0.717, 1.165) is 5.56 Å². The van der Waals surface area contributed by atoms with Gasteiger partial charge in [0.2, 0.25) is 11.7 Å². The topological polar surface area (TPSA) is 87.7 Å². The Labute approximate surface area is 91.5 Å². The van der Waals surface area contributed by atoms with Gasteiger partial charge in [-0.1, -0.05) is 40.1 Å². The van der Waals surface area contributed by atoms with Crippen molar-refractivity contribution in [1.29, 1.82) is 0 Å². The molecule has 2 rings (SSSR count). The van der Waals surface area contributed by atoms with Gasteiger partial charge < -0.3 is 4.52 Å². The van der Waals surface area contributed by atoms with Gasteiger partial charge in [-0.05, 0) is 12.5 Å². The number of aryl methyl sites for hydroxylation is 1. The molecule has 1 aromatic carbocycles. The third-order valence-corrected chi connectivity index (χ3v) is 2.05. The SMILES string of the molecule is Cc1ccc(-c2noc(CN=[N+]=[N-])n2)cc1. The summed E-state index contributed by atoms with van der Waals surface area (Å²) in [6, 6.07) is 7.77. The second-order valence-corrected chi connectivity index (χ2v) is 3.27. The van der Waals surface area contributed by atoms with Crippen LogP contribution in [0.5, 0.6) is 0 Å². The van der Waals surface area contributed by atoms with Crippen molar-refractivity contribution in [2.24, 2.45) is 5.11 Å². The molecule has 0 radical (unpaired) electrons. The molecule has 1 aromatic heterocycles. The Kier molecular flexibility index (Phi) is 2.84. The van der Waals surface area contributed by atoms with Gasteiger partial charge >= 0.3 is 0 Å². The second-order valence-electron chi connectivity index (χ2n) is 3.27. The zero-order valence-corrected chi connectivity index (χ0v) is 8.66. The summed E-state index contributed by atoms with van der Waals surface area (Å²) >= 11 is 0. The molecule has 0 saturated heterocycles. The summed E-state index contributed by atoms with van der Waals surface area (Å²) in [6.07, 6.45) is 0. The maximum absolute atomic E-state index is 8.15. The van der Waals surface area contributed by atoms with Crippen LogP contribution in [0.2, 0.25) is 0 Å². The minimum absolute atomic E-state index is 0.0787. The van der Waals surface area contributed by atoms with Crippen LogP contribution in [0.15, 0.2) is 33.9 Å². The molecular weight excluding hydrogens is 206 g/mol. The van der Waals surface area contributed by atoms with Crippen LogP contribution >= 0.6 is 0 Å². The zero-order valence-electron chi connectivity index (χ0n) is 8.66. The number of hydrogen-bond acceptors (Lipinski definition) is 4. The van der Waals surface area contributed by atoms with Crippen molar-refractivity contribution in [1.82, 2.24) is 10.1 Å². The van der Waals surface area contributed by atoms with Crippen molar-refractivity contribution in [2.75, 3.05) is 0 Å². The Morgan fingerprint density at radius 1 is 1.38 bits per heavy atom. The maximum Gasteiger partial charge on any atom is 0.232 e. The lowest BCUT2D eigenvalue weighted by atomic mass is 10.1. The first-order valence-electron chi connectivity index (χ1n) is 4.70. The third-order valence-electron chi connectivity index (χ3n) is 2.05. The van der Waals surface area contributed by atoms with Crippen molar-refractivity contribution in [2.45, 2.75) is 13.5 Å². The van der Waals surface area contributed by atoms with Gasteiger partial charge in [0.15, 0.2) is 0 Å². The van der Waals surface area contributed by atoms with Crippen LogP contribution < -0.4 is 0 Å². The fraction of sp³-hybridized carbons (Fsp3) is 0.200. The molecule has 0 N–H and O–H groups in total. The van der Waals surface area contributed by atoms with Gasteiger partial charge in [0.05, 0.1) is 0 Å². The number of aromatic nitrogens is 2. The third kappa shape index (κ3) is 2.18. The smallest absolute Gasteiger partial charge is 0.232 e. The zero-order chi connectivity index (χ0) is 11.4. The summed E-state index contributed by atoms with van der Waals surface area (Å²) in [4.78, 5) is 6.73. The van der Waals surface area contributed by atoms with E-state index in [0.29, 0.717) is 11.7 Å². The molecule has 1 heterocycles. The largest absolute Gasteiger partial charge is 0.339 e. The van der Waals surface area contributed by atoms with E-state index >= 15 is 0 Å². The van der Waals surface area contributed by atoms with Crippen LogP contribution in [-0.2, 0) is 6.54 Å². The van der Waals surface area contributed by atoms with Gasteiger partial charge in [0.1, 0.15) is 6.54 Å². The Bertz CT molecular complexity index is 524. The summed E-state index contributed by atoms with van der Waals surface area (Å²) in [5.74, 6) is 0.816. The standard InChI is InChI=1S/C10H9N5O/c1-7-2-4-8(5-3-7)10-13-9(16-14-10)6-12-15-11/h2-5H,6H2,1H3. The summed E-state index contributed by atoms with van der Waals surface area (Å²) in [5, 5.41) is 7.15. The molecule has 0 unspecified atom stereocenters. The molecule has 0 amide bonds. The molecule has 6 heteroatoms. The minimum Gasteiger partial charge on any atom is -0.339 e. The molecule has 0 spiro atoms.